The van der Waals surface area contributed by atoms with Crippen molar-refractivity contribution in [1.29, 1.82) is 0 Å². The van der Waals surface area contributed by atoms with Gasteiger partial charge >= 0.3 is 0 Å². The number of carbonyl (C=O) groups is 1. The van der Waals surface area contributed by atoms with Gasteiger partial charge in [-0.1, -0.05) is 0 Å². The van der Waals surface area contributed by atoms with Crippen molar-refractivity contribution in [3.05, 3.63) is 0 Å². The lowest BCUT2D eigenvalue weighted by Crippen LogP contribution is -2.48. The summed E-state index contributed by atoms with van der Waals surface area (Å²) in [5.41, 5.74) is 5.67. The van der Waals surface area contributed by atoms with Crippen LogP contribution in [0.4, 0.5) is 0 Å². The van der Waals surface area contributed by atoms with E-state index in [0.29, 0.717) is 18.5 Å². The average molecular weight is 226 g/mol. The molecule has 0 bridgehead atoms. The van der Waals surface area contributed by atoms with Crippen molar-refractivity contribution >= 4 is 5.91 Å². The summed E-state index contributed by atoms with van der Waals surface area (Å²) in [5.74, 6) is 0.276. The summed E-state index contributed by atoms with van der Waals surface area (Å²) in [6, 6.07) is 0.800. The highest BCUT2D eigenvalue weighted by atomic mass is 16.2. The van der Waals surface area contributed by atoms with Crippen LogP contribution >= 0.6 is 0 Å². The summed E-state index contributed by atoms with van der Waals surface area (Å²) >= 11 is 0. The molecule has 3 heteroatoms. The van der Waals surface area contributed by atoms with E-state index in [1.165, 1.54) is 6.42 Å². The Labute approximate surface area is 99.4 Å². The summed E-state index contributed by atoms with van der Waals surface area (Å²) in [7, 11) is 0. The topological polar surface area (TPSA) is 46.3 Å². The first-order valence-electron chi connectivity index (χ1n) is 6.41. The second kappa shape index (κ2) is 5.17. The van der Waals surface area contributed by atoms with Gasteiger partial charge < -0.3 is 10.6 Å². The largest absolute Gasteiger partial charge is 0.337 e. The zero-order valence-corrected chi connectivity index (χ0v) is 11.1. The Morgan fingerprint density at radius 2 is 1.81 bits per heavy atom. The Hall–Kier alpha value is -0.570. The van der Waals surface area contributed by atoms with Crippen molar-refractivity contribution in [2.24, 2.45) is 5.73 Å². The first kappa shape index (κ1) is 13.5. The molecule has 0 spiro atoms. The van der Waals surface area contributed by atoms with Gasteiger partial charge in [0.15, 0.2) is 0 Å². The van der Waals surface area contributed by atoms with Crippen LogP contribution in [0.5, 0.6) is 0 Å². The van der Waals surface area contributed by atoms with Crippen molar-refractivity contribution in [1.82, 2.24) is 4.90 Å². The van der Waals surface area contributed by atoms with Gasteiger partial charge in [-0.05, 0) is 53.4 Å². The first-order valence-corrected chi connectivity index (χ1v) is 6.41. The minimum Gasteiger partial charge on any atom is -0.337 e. The third kappa shape index (κ3) is 3.78. The number of nitrogens with zero attached hydrogens (tertiary/aromatic N) is 1. The fraction of sp³-hybridized carbons (Fsp3) is 0.923. The quantitative estimate of drug-likeness (QED) is 0.802. The molecule has 1 rings (SSSR count). The van der Waals surface area contributed by atoms with E-state index in [1.807, 2.05) is 13.8 Å². The predicted molar refractivity (Wildman–Crippen MR) is 67.1 cm³/mol. The highest BCUT2D eigenvalue weighted by Crippen LogP contribution is 2.24. The van der Waals surface area contributed by atoms with Gasteiger partial charge in [-0.15, -0.1) is 0 Å². The maximum atomic E-state index is 12.1. The van der Waals surface area contributed by atoms with E-state index < -0.39 is 0 Å². The molecule has 0 aromatic carbocycles. The highest BCUT2D eigenvalue weighted by molar-refractivity contribution is 5.77. The summed E-state index contributed by atoms with van der Waals surface area (Å²) in [6.07, 6.45) is 4.87. The molecule has 3 nitrogen and oxygen atoms in total. The minimum absolute atomic E-state index is 0.238. The molecule has 1 saturated heterocycles. The van der Waals surface area contributed by atoms with Gasteiger partial charge in [0.05, 0.1) is 0 Å². The van der Waals surface area contributed by atoms with Gasteiger partial charge in [-0.3, -0.25) is 4.79 Å². The van der Waals surface area contributed by atoms with E-state index in [2.05, 4.69) is 18.7 Å². The van der Waals surface area contributed by atoms with Gasteiger partial charge in [0.1, 0.15) is 0 Å². The van der Waals surface area contributed by atoms with Crippen molar-refractivity contribution in [3.63, 3.8) is 0 Å². The standard InChI is InChI=1S/C13H26N2O/c1-10-6-5-7-11(2)15(10)12(16)8-9-13(3,4)14/h10-11H,5-9,14H2,1-4H3/t10-,11+. The zero-order valence-electron chi connectivity index (χ0n) is 11.1. The van der Waals surface area contributed by atoms with Crippen molar-refractivity contribution in [3.8, 4) is 0 Å². The molecule has 0 saturated carbocycles. The number of hydrogen-bond donors (Lipinski definition) is 1. The van der Waals surface area contributed by atoms with Gasteiger partial charge in [0, 0.05) is 24.0 Å². The van der Waals surface area contributed by atoms with Crippen LogP contribution in [0.15, 0.2) is 0 Å². The molecule has 1 fully saturated rings. The summed E-state index contributed by atoms with van der Waals surface area (Å²) < 4.78 is 0. The smallest absolute Gasteiger partial charge is 0.223 e. The van der Waals surface area contributed by atoms with E-state index in [0.717, 1.165) is 19.3 Å². The molecule has 94 valence electrons. The number of piperidine rings is 1. The molecule has 0 aliphatic carbocycles. The number of amides is 1. The third-order valence-corrected chi connectivity index (χ3v) is 3.46. The molecule has 2 N–H and O–H groups in total. The predicted octanol–water partition coefficient (Wildman–Crippen LogP) is 2.29. The normalized spacial score (nSPS) is 26.9. The van der Waals surface area contributed by atoms with Crippen LogP contribution < -0.4 is 5.73 Å². The maximum Gasteiger partial charge on any atom is 0.223 e. The monoisotopic (exact) mass is 226 g/mol. The molecule has 1 aliphatic heterocycles. The molecule has 16 heavy (non-hydrogen) atoms. The molecule has 0 aromatic rings. The SMILES string of the molecule is C[C@@H]1CCC[C@H](C)N1C(=O)CCC(C)(C)N. The van der Waals surface area contributed by atoms with E-state index in [-0.39, 0.29) is 11.4 Å². The summed E-state index contributed by atoms with van der Waals surface area (Å²) in [5, 5.41) is 0. The lowest BCUT2D eigenvalue weighted by Gasteiger charge is -2.39. The Bertz CT molecular complexity index is 235. The van der Waals surface area contributed by atoms with E-state index in [1.54, 1.807) is 0 Å². The Balaban J connectivity index is 2.51. The number of hydrogen-bond acceptors (Lipinski definition) is 2. The van der Waals surface area contributed by atoms with Crippen LogP contribution in [0.25, 0.3) is 0 Å². The maximum absolute atomic E-state index is 12.1. The van der Waals surface area contributed by atoms with Crippen molar-refractivity contribution < 1.29 is 4.79 Å². The molecule has 1 aliphatic rings. The molecule has 1 heterocycles. The van der Waals surface area contributed by atoms with Crippen LogP contribution in [0.3, 0.4) is 0 Å². The molecule has 1 amide bonds. The molecular formula is C13H26N2O. The number of rotatable bonds is 3. The first-order chi connectivity index (χ1) is 7.31. The van der Waals surface area contributed by atoms with E-state index >= 15 is 0 Å². The van der Waals surface area contributed by atoms with Crippen LogP contribution in [-0.4, -0.2) is 28.4 Å². The van der Waals surface area contributed by atoms with Crippen molar-refractivity contribution in [2.75, 3.05) is 0 Å². The van der Waals surface area contributed by atoms with Gasteiger partial charge in [-0.2, -0.15) is 0 Å². The highest BCUT2D eigenvalue weighted by Gasteiger charge is 2.29. The summed E-state index contributed by atoms with van der Waals surface area (Å²) in [4.78, 5) is 14.2. The fourth-order valence-electron chi connectivity index (χ4n) is 2.47. The van der Waals surface area contributed by atoms with Gasteiger partial charge in [0.25, 0.3) is 0 Å². The lowest BCUT2D eigenvalue weighted by atomic mass is 9.95. The van der Waals surface area contributed by atoms with E-state index in [9.17, 15) is 4.79 Å². The average Bonchev–Trinajstić information content (AvgIpc) is 2.13. The Morgan fingerprint density at radius 3 is 2.25 bits per heavy atom. The van der Waals surface area contributed by atoms with Crippen molar-refractivity contribution in [2.45, 2.75) is 77.4 Å². The van der Waals surface area contributed by atoms with Gasteiger partial charge in [-0.25, -0.2) is 0 Å². The van der Waals surface area contributed by atoms with Crippen LogP contribution in [-0.2, 0) is 4.79 Å². The second-order valence-electron chi connectivity index (χ2n) is 5.92. The third-order valence-electron chi connectivity index (χ3n) is 3.46. The Kier molecular flexibility index (Phi) is 4.36. The summed E-state index contributed by atoms with van der Waals surface area (Å²) in [6.45, 7) is 8.26. The molecule has 0 aromatic heterocycles. The number of carbonyl (C=O) groups excluding carboxylic acids is 1. The van der Waals surface area contributed by atoms with Crippen LogP contribution in [0, 0.1) is 0 Å². The van der Waals surface area contributed by atoms with Crippen LogP contribution in [0.1, 0.15) is 59.8 Å². The second-order valence-corrected chi connectivity index (χ2v) is 5.92. The molecular weight excluding hydrogens is 200 g/mol. The molecule has 2 atom stereocenters. The zero-order chi connectivity index (χ0) is 12.3. The lowest BCUT2D eigenvalue weighted by molar-refractivity contribution is -0.137. The van der Waals surface area contributed by atoms with E-state index in [4.69, 9.17) is 5.73 Å². The molecule has 0 unspecified atom stereocenters. The Morgan fingerprint density at radius 1 is 1.31 bits per heavy atom. The minimum atomic E-state index is -0.238. The molecule has 0 radical (unpaired) electrons. The van der Waals surface area contributed by atoms with Crippen LogP contribution in [0.2, 0.25) is 0 Å². The number of likely N-dealkylation sites (tertiary alicyclic amines) is 1. The fourth-order valence-corrected chi connectivity index (χ4v) is 2.47. The number of nitrogens with two attached hydrogens (primary N) is 1. The van der Waals surface area contributed by atoms with Gasteiger partial charge in [0.2, 0.25) is 5.91 Å².